The summed E-state index contributed by atoms with van der Waals surface area (Å²) in [4.78, 5) is 4.12. The SMILES string of the molecule is CCCNC(CC)N=C(N)NC(=N)N. The van der Waals surface area contributed by atoms with Gasteiger partial charge in [0.2, 0.25) is 0 Å². The summed E-state index contributed by atoms with van der Waals surface area (Å²) in [6.07, 6.45) is 1.88. The normalized spacial score (nSPS) is 13.7. The number of guanidine groups is 2. The molecule has 0 saturated heterocycles. The molecule has 0 aliphatic rings. The Kier molecular flexibility index (Phi) is 6.47. The summed E-state index contributed by atoms with van der Waals surface area (Å²) in [6, 6.07) is 0. The quantitative estimate of drug-likeness (QED) is 0.305. The summed E-state index contributed by atoms with van der Waals surface area (Å²) >= 11 is 0. The van der Waals surface area contributed by atoms with E-state index in [1.807, 2.05) is 6.92 Å². The first-order valence-electron chi connectivity index (χ1n) is 4.77. The molecule has 0 bridgehead atoms. The largest absolute Gasteiger partial charge is 0.370 e. The molecule has 0 aromatic carbocycles. The third-order valence-corrected chi connectivity index (χ3v) is 1.57. The molecule has 0 fully saturated rings. The summed E-state index contributed by atoms with van der Waals surface area (Å²) < 4.78 is 0. The summed E-state index contributed by atoms with van der Waals surface area (Å²) in [5, 5.41) is 12.6. The summed E-state index contributed by atoms with van der Waals surface area (Å²) in [5.41, 5.74) is 10.6. The molecule has 0 rings (SSSR count). The van der Waals surface area contributed by atoms with E-state index in [1.54, 1.807) is 0 Å². The second kappa shape index (κ2) is 7.14. The van der Waals surface area contributed by atoms with E-state index in [9.17, 15) is 0 Å². The lowest BCUT2D eigenvalue weighted by molar-refractivity contribution is 0.514. The minimum atomic E-state index is -0.198. The van der Waals surface area contributed by atoms with E-state index in [-0.39, 0.29) is 18.1 Å². The van der Waals surface area contributed by atoms with Gasteiger partial charge in [0.25, 0.3) is 0 Å². The number of aliphatic imine (C=N–C) groups is 1. The Hall–Kier alpha value is -1.30. The monoisotopic (exact) mass is 200 g/mol. The summed E-state index contributed by atoms with van der Waals surface area (Å²) in [7, 11) is 0. The number of nitrogens with two attached hydrogens (primary N) is 2. The van der Waals surface area contributed by atoms with Crippen LogP contribution in [0.5, 0.6) is 0 Å². The third kappa shape index (κ3) is 6.24. The molecule has 1 unspecified atom stereocenters. The molecule has 6 nitrogen and oxygen atoms in total. The molecule has 82 valence electrons. The zero-order chi connectivity index (χ0) is 11.0. The molecule has 0 saturated carbocycles. The topological polar surface area (TPSA) is 112 Å². The van der Waals surface area contributed by atoms with Gasteiger partial charge in [-0.2, -0.15) is 0 Å². The Morgan fingerprint density at radius 1 is 1.43 bits per heavy atom. The molecular formula is C8H20N6. The van der Waals surface area contributed by atoms with E-state index in [2.05, 4.69) is 22.5 Å². The van der Waals surface area contributed by atoms with Gasteiger partial charge in [-0.15, -0.1) is 0 Å². The molecule has 0 spiro atoms. The minimum Gasteiger partial charge on any atom is -0.370 e. The van der Waals surface area contributed by atoms with Crippen molar-refractivity contribution in [3.8, 4) is 0 Å². The summed E-state index contributed by atoms with van der Waals surface area (Å²) in [6.45, 7) is 4.99. The fourth-order valence-corrected chi connectivity index (χ4v) is 0.930. The first kappa shape index (κ1) is 12.7. The van der Waals surface area contributed by atoms with Gasteiger partial charge in [0.15, 0.2) is 11.9 Å². The molecule has 14 heavy (non-hydrogen) atoms. The number of rotatable bonds is 5. The summed E-state index contributed by atoms with van der Waals surface area (Å²) in [5.74, 6) is -0.0236. The Morgan fingerprint density at radius 3 is 2.50 bits per heavy atom. The molecular weight excluding hydrogens is 180 g/mol. The zero-order valence-electron chi connectivity index (χ0n) is 8.80. The van der Waals surface area contributed by atoms with Crippen LogP contribution in [0.3, 0.4) is 0 Å². The van der Waals surface area contributed by atoms with Crippen molar-refractivity contribution in [2.75, 3.05) is 6.54 Å². The predicted octanol–water partition coefficient (Wildman–Crippen LogP) is -0.480. The lowest BCUT2D eigenvalue weighted by Gasteiger charge is -2.13. The van der Waals surface area contributed by atoms with Crippen molar-refractivity contribution in [1.29, 1.82) is 5.41 Å². The van der Waals surface area contributed by atoms with Crippen molar-refractivity contribution in [2.24, 2.45) is 16.5 Å². The van der Waals surface area contributed by atoms with Crippen LogP contribution in [-0.2, 0) is 0 Å². The van der Waals surface area contributed by atoms with Crippen molar-refractivity contribution in [1.82, 2.24) is 10.6 Å². The van der Waals surface area contributed by atoms with Crippen molar-refractivity contribution in [2.45, 2.75) is 32.9 Å². The number of hydrogen-bond donors (Lipinski definition) is 5. The molecule has 0 amide bonds. The highest BCUT2D eigenvalue weighted by molar-refractivity contribution is 5.95. The third-order valence-electron chi connectivity index (χ3n) is 1.57. The van der Waals surface area contributed by atoms with Crippen LogP contribution in [0.1, 0.15) is 26.7 Å². The fourth-order valence-electron chi connectivity index (χ4n) is 0.930. The second-order valence-corrected chi connectivity index (χ2v) is 2.93. The van der Waals surface area contributed by atoms with Crippen LogP contribution < -0.4 is 22.1 Å². The van der Waals surface area contributed by atoms with Gasteiger partial charge < -0.3 is 11.5 Å². The van der Waals surface area contributed by atoms with Crippen LogP contribution in [0.2, 0.25) is 0 Å². The van der Waals surface area contributed by atoms with E-state index in [1.165, 1.54) is 0 Å². The minimum absolute atomic E-state index is 0.0122. The van der Waals surface area contributed by atoms with Crippen LogP contribution >= 0.6 is 0 Å². The Morgan fingerprint density at radius 2 is 2.07 bits per heavy atom. The van der Waals surface area contributed by atoms with Gasteiger partial charge in [-0.05, 0) is 19.4 Å². The van der Waals surface area contributed by atoms with E-state index >= 15 is 0 Å². The van der Waals surface area contributed by atoms with E-state index < -0.39 is 0 Å². The molecule has 1 atom stereocenters. The first-order chi connectivity index (χ1) is 6.60. The fraction of sp³-hybridized carbons (Fsp3) is 0.750. The van der Waals surface area contributed by atoms with E-state index in [0.717, 1.165) is 19.4 Å². The molecule has 0 heterocycles. The smallest absolute Gasteiger partial charge is 0.197 e. The van der Waals surface area contributed by atoms with Crippen molar-refractivity contribution in [3.05, 3.63) is 0 Å². The van der Waals surface area contributed by atoms with Crippen molar-refractivity contribution in [3.63, 3.8) is 0 Å². The molecule has 7 N–H and O–H groups in total. The van der Waals surface area contributed by atoms with Crippen LogP contribution in [0.25, 0.3) is 0 Å². The Balaban J connectivity index is 4.04. The molecule has 0 aliphatic carbocycles. The van der Waals surface area contributed by atoms with Crippen LogP contribution in [0.4, 0.5) is 0 Å². The highest BCUT2D eigenvalue weighted by atomic mass is 15.2. The van der Waals surface area contributed by atoms with Gasteiger partial charge in [0.05, 0.1) is 0 Å². The standard InChI is InChI=1S/C8H20N6/c1-3-5-12-6(4-2)13-8(11)14-7(9)10/h6,12H,3-5H2,1-2H3,(H6,9,10,11,13,14). The number of nitrogens with one attached hydrogen (secondary N) is 3. The van der Waals surface area contributed by atoms with Gasteiger partial charge in [-0.25, -0.2) is 4.99 Å². The van der Waals surface area contributed by atoms with E-state index in [4.69, 9.17) is 16.9 Å². The molecule has 0 aliphatic heterocycles. The molecule has 0 radical (unpaired) electrons. The van der Waals surface area contributed by atoms with Crippen LogP contribution in [-0.4, -0.2) is 24.6 Å². The van der Waals surface area contributed by atoms with Gasteiger partial charge >= 0.3 is 0 Å². The molecule has 0 aromatic rings. The zero-order valence-corrected chi connectivity index (χ0v) is 8.80. The Labute approximate surface area is 84.7 Å². The van der Waals surface area contributed by atoms with Gasteiger partial charge in [0, 0.05) is 0 Å². The van der Waals surface area contributed by atoms with Gasteiger partial charge in [-0.3, -0.25) is 16.0 Å². The lowest BCUT2D eigenvalue weighted by Crippen LogP contribution is -2.42. The maximum Gasteiger partial charge on any atom is 0.197 e. The maximum atomic E-state index is 6.95. The van der Waals surface area contributed by atoms with Crippen molar-refractivity contribution < 1.29 is 0 Å². The van der Waals surface area contributed by atoms with Crippen LogP contribution in [0, 0.1) is 5.41 Å². The number of nitrogens with zero attached hydrogens (tertiary/aromatic N) is 1. The van der Waals surface area contributed by atoms with Gasteiger partial charge in [0.1, 0.15) is 6.17 Å². The average molecular weight is 200 g/mol. The van der Waals surface area contributed by atoms with E-state index in [0.29, 0.717) is 0 Å². The van der Waals surface area contributed by atoms with Crippen LogP contribution in [0.15, 0.2) is 4.99 Å². The number of hydrogen-bond acceptors (Lipinski definition) is 3. The lowest BCUT2D eigenvalue weighted by atomic mass is 10.3. The van der Waals surface area contributed by atoms with Crippen molar-refractivity contribution >= 4 is 11.9 Å². The maximum absolute atomic E-state index is 6.95. The highest BCUT2D eigenvalue weighted by Gasteiger charge is 2.02. The highest BCUT2D eigenvalue weighted by Crippen LogP contribution is 1.92. The predicted molar refractivity (Wildman–Crippen MR) is 59.0 cm³/mol. The molecule has 0 aromatic heterocycles. The first-order valence-corrected chi connectivity index (χ1v) is 4.77. The molecule has 6 heteroatoms. The second-order valence-electron chi connectivity index (χ2n) is 2.93. The Bertz CT molecular complexity index is 200. The average Bonchev–Trinajstić information content (AvgIpc) is 2.10. The van der Waals surface area contributed by atoms with Gasteiger partial charge in [-0.1, -0.05) is 13.8 Å².